The van der Waals surface area contributed by atoms with E-state index < -0.39 is 5.54 Å². The topological polar surface area (TPSA) is 106 Å². The Balaban J connectivity index is 1.88. The molecule has 1 aliphatic rings. The summed E-state index contributed by atoms with van der Waals surface area (Å²) in [5, 5.41) is 7.05. The molecular weight excluding hydrogens is 332 g/mol. The Hall–Kier alpha value is -3.16. The monoisotopic (exact) mass is 354 g/mol. The van der Waals surface area contributed by atoms with Crippen LogP contribution in [0.4, 0.5) is 5.69 Å². The van der Waals surface area contributed by atoms with E-state index in [4.69, 9.17) is 5.73 Å². The summed E-state index contributed by atoms with van der Waals surface area (Å²) < 4.78 is 1.54. The van der Waals surface area contributed by atoms with Gasteiger partial charge in [-0.1, -0.05) is 12.1 Å². The van der Waals surface area contributed by atoms with E-state index in [9.17, 15) is 9.59 Å². The number of amides is 2. The highest BCUT2D eigenvalue weighted by atomic mass is 16.2. The van der Waals surface area contributed by atoms with Gasteiger partial charge >= 0.3 is 0 Å². The van der Waals surface area contributed by atoms with E-state index in [1.165, 1.54) is 9.58 Å². The third kappa shape index (κ3) is 3.17. The lowest BCUT2D eigenvalue weighted by Gasteiger charge is -2.33. The first-order valence-corrected chi connectivity index (χ1v) is 8.24. The van der Waals surface area contributed by atoms with Crippen LogP contribution in [0.3, 0.4) is 0 Å². The van der Waals surface area contributed by atoms with Crippen molar-refractivity contribution in [2.45, 2.75) is 25.8 Å². The maximum Gasteiger partial charge on any atom is 0.273 e. The third-order valence-electron chi connectivity index (χ3n) is 4.55. The third-order valence-corrected chi connectivity index (χ3v) is 4.55. The molecule has 2 aromatic rings. The minimum atomic E-state index is -0.766. The molecule has 3 N–H and O–H groups in total. The van der Waals surface area contributed by atoms with Crippen LogP contribution in [-0.4, -0.2) is 39.5 Å². The molecule has 1 aliphatic heterocycles. The lowest BCUT2D eigenvalue weighted by atomic mass is 9.87. The van der Waals surface area contributed by atoms with E-state index in [0.717, 1.165) is 11.3 Å². The Morgan fingerprint density at radius 3 is 2.65 bits per heavy atom. The molecular formula is C18H22N6O2. The second-order valence-electron chi connectivity index (χ2n) is 6.70. The maximum atomic E-state index is 12.5. The summed E-state index contributed by atoms with van der Waals surface area (Å²) in [6, 6.07) is 9.02. The van der Waals surface area contributed by atoms with Crippen molar-refractivity contribution in [3.63, 3.8) is 0 Å². The first-order valence-electron chi connectivity index (χ1n) is 8.24. The van der Waals surface area contributed by atoms with Crippen LogP contribution in [0.15, 0.2) is 35.3 Å². The molecule has 3 rings (SSSR count). The number of aryl methyl sites for hydroxylation is 2. The van der Waals surface area contributed by atoms with Gasteiger partial charge in [0.15, 0.2) is 5.96 Å². The normalized spacial score (nSPS) is 20.1. The summed E-state index contributed by atoms with van der Waals surface area (Å²) in [4.78, 5) is 30.5. The van der Waals surface area contributed by atoms with Crippen LogP contribution in [0.2, 0.25) is 0 Å². The van der Waals surface area contributed by atoms with Crippen LogP contribution in [0, 0.1) is 6.92 Å². The minimum Gasteiger partial charge on any atom is -0.369 e. The van der Waals surface area contributed by atoms with Crippen LogP contribution < -0.4 is 11.1 Å². The predicted molar refractivity (Wildman–Crippen MR) is 98.7 cm³/mol. The highest BCUT2D eigenvalue weighted by molar-refractivity contribution is 6.03. The zero-order chi connectivity index (χ0) is 19.1. The van der Waals surface area contributed by atoms with Gasteiger partial charge in [-0.25, -0.2) is 4.99 Å². The number of nitrogens with zero attached hydrogens (tertiary/aromatic N) is 4. The fraction of sp³-hybridized carbons (Fsp3) is 0.333. The summed E-state index contributed by atoms with van der Waals surface area (Å²) in [5.74, 6) is -0.166. The second kappa shape index (κ2) is 6.29. The number of carbonyl (C=O) groups excluding carboxylic acids is 2. The van der Waals surface area contributed by atoms with E-state index in [-0.39, 0.29) is 24.2 Å². The van der Waals surface area contributed by atoms with Crippen LogP contribution >= 0.6 is 0 Å². The van der Waals surface area contributed by atoms with Gasteiger partial charge in [-0.2, -0.15) is 5.10 Å². The Labute approximate surface area is 151 Å². The van der Waals surface area contributed by atoms with Crippen molar-refractivity contribution in [2.75, 3.05) is 12.4 Å². The number of nitrogens with two attached hydrogens (primary N) is 1. The molecule has 136 valence electrons. The highest BCUT2D eigenvalue weighted by Gasteiger charge is 2.36. The van der Waals surface area contributed by atoms with Gasteiger partial charge in [-0.05, 0) is 37.6 Å². The van der Waals surface area contributed by atoms with Crippen molar-refractivity contribution in [3.05, 3.63) is 47.3 Å². The van der Waals surface area contributed by atoms with Gasteiger partial charge in [-0.3, -0.25) is 19.2 Å². The van der Waals surface area contributed by atoms with Crippen molar-refractivity contribution in [1.29, 1.82) is 0 Å². The molecule has 0 saturated carbocycles. The predicted octanol–water partition coefficient (Wildman–Crippen LogP) is 1.37. The summed E-state index contributed by atoms with van der Waals surface area (Å²) in [6.07, 6.45) is 0.211. The zero-order valence-electron chi connectivity index (χ0n) is 15.3. The van der Waals surface area contributed by atoms with Crippen LogP contribution in [0.25, 0.3) is 0 Å². The summed E-state index contributed by atoms with van der Waals surface area (Å²) in [7, 11) is 3.33. The molecule has 1 aromatic carbocycles. The number of hydrogen-bond donors (Lipinski definition) is 2. The number of aromatic nitrogens is 2. The summed E-state index contributed by atoms with van der Waals surface area (Å²) >= 11 is 0. The molecule has 8 nitrogen and oxygen atoms in total. The fourth-order valence-corrected chi connectivity index (χ4v) is 3.02. The lowest BCUT2D eigenvalue weighted by molar-refractivity contribution is -0.128. The Kier molecular flexibility index (Phi) is 4.27. The molecule has 8 heteroatoms. The van der Waals surface area contributed by atoms with Gasteiger partial charge in [-0.15, -0.1) is 0 Å². The van der Waals surface area contributed by atoms with Crippen molar-refractivity contribution in [3.8, 4) is 0 Å². The van der Waals surface area contributed by atoms with E-state index in [2.05, 4.69) is 15.4 Å². The number of benzene rings is 1. The van der Waals surface area contributed by atoms with Crippen molar-refractivity contribution in [1.82, 2.24) is 14.7 Å². The summed E-state index contributed by atoms with van der Waals surface area (Å²) in [6.45, 7) is 3.69. The molecule has 0 radical (unpaired) electrons. The Morgan fingerprint density at radius 1 is 1.31 bits per heavy atom. The maximum absolute atomic E-state index is 12.5. The molecule has 1 aromatic heterocycles. The fourth-order valence-electron chi connectivity index (χ4n) is 3.02. The smallest absolute Gasteiger partial charge is 0.273 e. The SMILES string of the molecule is Cc1cc(C(=O)Nc2cccc(C3(C)CC(=O)N(C)C(N)=N3)c2)n(C)n1. The molecule has 0 bridgehead atoms. The molecule has 0 saturated heterocycles. The first-order chi connectivity index (χ1) is 12.2. The number of guanidine groups is 1. The number of carbonyl (C=O) groups is 2. The molecule has 0 fully saturated rings. The van der Waals surface area contributed by atoms with Gasteiger partial charge in [0, 0.05) is 19.8 Å². The largest absolute Gasteiger partial charge is 0.369 e. The molecule has 2 amide bonds. The molecule has 26 heavy (non-hydrogen) atoms. The van der Waals surface area contributed by atoms with Gasteiger partial charge in [0.1, 0.15) is 5.69 Å². The molecule has 0 spiro atoms. The number of anilines is 1. The Bertz CT molecular complexity index is 916. The van der Waals surface area contributed by atoms with E-state index >= 15 is 0 Å². The standard InChI is InChI=1S/C18H22N6O2/c1-11-8-14(24(4)22-11)16(26)20-13-7-5-6-12(9-13)18(2)10-15(25)23(3)17(19)21-18/h5-9H,10H2,1-4H3,(H2,19,21)(H,20,26). The Morgan fingerprint density at radius 2 is 2.04 bits per heavy atom. The van der Waals surface area contributed by atoms with Crippen molar-refractivity contribution in [2.24, 2.45) is 17.8 Å². The van der Waals surface area contributed by atoms with Crippen molar-refractivity contribution >= 4 is 23.5 Å². The molecule has 1 unspecified atom stereocenters. The van der Waals surface area contributed by atoms with Crippen LogP contribution in [-0.2, 0) is 17.4 Å². The zero-order valence-corrected chi connectivity index (χ0v) is 15.3. The number of nitrogens with one attached hydrogen (secondary N) is 1. The molecule has 2 heterocycles. The van der Waals surface area contributed by atoms with E-state index in [0.29, 0.717) is 11.4 Å². The van der Waals surface area contributed by atoms with Crippen molar-refractivity contribution < 1.29 is 9.59 Å². The second-order valence-corrected chi connectivity index (χ2v) is 6.70. The highest BCUT2D eigenvalue weighted by Crippen LogP contribution is 2.34. The van der Waals surface area contributed by atoms with Gasteiger partial charge in [0.2, 0.25) is 5.91 Å². The summed E-state index contributed by atoms with van der Waals surface area (Å²) in [5.41, 5.74) is 7.77. The first kappa shape index (κ1) is 17.7. The number of hydrogen-bond acceptors (Lipinski definition) is 5. The lowest BCUT2D eigenvalue weighted by Crippen LogP contribution is -2.47. The minimum absolute atomic E-state index is 0.0974. The number of aliphatic imine (C=N–C) groups is 1. The average molecular weight is 354 g/mol. The van der Waals surface area contributed by atoms with Crippen LogP contribution in [0.1, 0.15) is 35.1 Å². The van der Waals surface area contributed by atoms with Crippen LogP contribution in [0.5, 0.6) is 0 Å². The molecule has 0 aliphatic carbocycles. The quantitative estimate of drug-likeness (QED) is 0.868. The average Bonchev–Trinajstić information content (AvgIpc) is 2.91. The van der Waals surface area contributed by atoms with E-state index in [1.54, 1.807) is 26.2 Å². The van der Waals surface area contributed by atoms with Gasteiger partial charge < -0.3 is 11.1 Å². The molecule has 1 atom stereocenters. The number of rotatable bonds is 3. The van der Waals surface area contributed by atoms with Gasteiger partial charge in [0.05, 0.1) is 17.7 Å². The van der Waals surface area contributed by atoms with Gasteiger partial charge in [0.25, 0.3) is 5.91 Å². The van der Waals surface area contributed by atoms with E-state index in [1.807, 2.05) is 32.0 Å².